The van der Waals surface area contributed by atoms with Crippen LogP contribution in [-0.2, 0) is 4.74 Å². The van der Waals surface area contributed by atoms with Gasteiger partial charge < -0.3 is 10.1 Å². The van der Waals surface area contributed by atoms with Gasteiger partial charge in [0.1, 0.15) is 0 Å². The van der Waals surface area contributed by atoms with Crippen LogP contribution in [0.2, 0.25) is 0 Å². The van der Waals surface area contributed by atoms with Crippen molar-refractivity contribution in [2.75, 3.05) is 26.8 Å². The van der Waals surface area contributed by atoms with E-state index in [1.54, 1.807) is 7.11 Å². The molecule has 0 radical (unpaired) electrons. The molecule has 1 fully saturated rings. The van der Waals surface area contributed by atoms with Crippen LogP contribution < -0.4 is 5.32 Å². The van der Waals surface area contributed by atoms with Crippen molar-refractivity contribution in [1.82, 2.24) is 5.32 Å². The molecule has 0 unspecified atom stereocenters. The number of halogens is 1. The van der Waals surface area contributed by atoms with E-state index in [0.717, 1.165) is 19.7 Å². The van der Waals surface area contributed by atoms with Crippen molar-refractivity contribution in [3.8, 4) is 0 Å². The normalized spacial score (nSPS) is 21.0. The summed E-state index contributed by atoms with van der Waals surface area (Å²) in [7, 11) is 1.76. The third kappa shape index (κ3) is 2.45. The minimum atomic E-state index is 0. The molecule has 1 aliphatic heterocycles. The molecule has 0 amide bonds. The molecule has 0 atom stereocenters. The predicted octanol–water partition coefficient (Wildman–Crippen LogP) is 1.05. The monoisotopic (exact) mass is 165 g/mol. The maximum absolute atomic E-state index is 4.99. The van der Waals surface area contributed by atoms with Crippen molar-refractivity contribution in [2.45, 2.75) is 13.3 Å². The van der Waals surface area contributed by atoms with Crippen LogP contribution in [0.5, 0.6) is 0 Å². The summed E-state index contributed by atoms with van der Waals surface area (Å²) in [4.78, 5) is 0. The summed E-state index contributed by atoms with van der Waals surface area (Å²) in [6, 6.07) is 0. The van der Waals surface area contributed by atoms with E-state index in [1.165, 1.54) is 6.42 Å². The Morgan fingerprint density at radius 2 is 2.10 bits per heavy atom. The predicted molar refractivity (Wildman–Crippen MR) is 44.7 cm³/mol. The molecule has 62 valence electrons. The van der Waals surface area contributed by atoms with Gasteiger partial charge in [-0.3, -0.25) is 0 Å². The van der Waals surface area contributed by atoms with Crippen molar-refractivity contribution < 1.29 is 4.74 Å². The van der Waals surface area contributed by atoms with Gasteiger partial charge in [0, 0.05) is 26.8 Å². The summed E-state index contributed by atoms with van der Waals surface area (Å²) < 4.78 is 4.99. The van der Waals surface area contributed by atoms with E-state index in [1.807, 2.05) is 0 Å². The molecule has 0 aromatic rings. The molecule has 1 N–H and O–H groups in total. The lowest BCUT2D eigenvalue weighted by molar-refractivity contribution is 0.106. The Hall–Kier alpha value is 0.210. The van der Waals surface area contributed by atoms with Crippen LogP contribution in [0.15, 0.2) is 0 Å². The zero-order valence-electron chi connectivity index (χ0n) is 6.64. The molecule has 10 heavy (non-hydrogen) atoms. The Morgan fingerprint density at radius 3 is 2.40 bits per heavy atom. The van der Waals surface area contributed by atoms with E-state index in [-0.39, 0.29) is 12.4 Å². The maximum Gasteiger partial charge on any atom is 0.0468 e. The molecule has 1 aliphatic rings. The van der Waals surface area contributed by atoms with Crippen LogP contribution in [0.25, 0.3) is 0 Å². The summed E-state index contributed by atoms with van der Waals surface area (Å²) in [5.74, 6) is 0. The second-order valence-corrected chi connectivity index (χ2v) is 3.16. The van der Waals surface area contributed by atoms with Gasteiger partial charge in [0.2, 0.25) is 0 Å². The molecule has 0 aromatic carbocycles. The number of methoxy groups -OCH3 is 1. The van der Waals surface area contributed by atoms with Gasteiger partial charge in [-0.25, -0.2) is 0 Å². The van der Waals surface area contributed by atoms with Crippen LogP contribution in [-0.4, -0.2) is 26.8 Å². The van der Waals surface area contributed by atoms with Gasteiger partial charge in [0.25, 0.3) is 0 Å². The zero-order chi connectivity index (χ0) is 6.74. The van der Waals surface area contributed by atoms with Crippen LogP contribution in [0.4, 0.5) is 0 Å². The lowest BCUT2D eigenvalue weighted by Crippen LogP contribution is -2.51. The highest BCUT2D eigenvalue weighted by molar-refractivity contribution is 5.85. The van der Waals surface area contributed by atoms with Gasteiger partial charge in [-0.2, -0.15) is 0 Å². The van der Waals surface area contributed by atoms with Gasteiger partial charge in [-0.15, -0.1) is 12.4 Å². The molecule has 1 rings (SSSR count). The average molecular weight is 166 g/mol. The van der Waals surface area contributed by atoms with Gasteiger partial charge in [0.15, 0.2) is 0 Å². The average Bonchev–Trinajstić information content (AvgIpc) is 1.79. The second kappa shape index (κ2) is 4.16. The fourth-order valence-electron chi connectivity index (χ4n) is 1.08. The summed E-state index contributed by atoms with van der Waals surface area (Å²) >= 11 is 0. The van der Waals surface area contributed by atoms with E-state index in [4.69, 9.17) is 4.74 Å². The van der Waals surface area contributed by atoms with E-state index in [2.05, 4.69) is 12.2 Å². The Morgan fingerprint density at radius 1 is 1.50 bits per heavy atom. The highest BCUT2D eigenvalue weighted by Crippen LogP contribution is 2.25. The number of hydrogen-bond donors (Lipinski definition) is 1. The topological polar surface area (TPSA) is 21.3 Å². The molecule has 1 saturated heterocycles. The smallest absolute Gasteiger partial charge is 0.0468 e. The Balaban J connectivity index is 0.000000810. The fraction of sp³-hybridized carbons (Fsp3) is 1.00. The summed E-state index contributed by atoms with van der Waals surface area (Å²) in [5.41, 5.74) is 0.538. The first kappa shape index (κ1) is 10.2. The quantitative estimate of drug-likeness (QED) is 0.675. The molecule has 0 aromatic heterocycles. The van der Waals surface area contributed by atoms with Crippen molar-refractivity contribution >= 4 is 12.4 Å². The summed E-state index contributed by atoms with van der Waals surface area (Å²) in [5, 5.41) is 3.26. The molecule has 2 nitrogen and oxygen atoms in total. The third-order valence-electron chi connectivity index (χ3n) is 2.01. The summed E-state index contributed by atoms with van der Waals surface area (Å²) in [6.07, 6.45) is 1.19. The first-order valence-corrected chi connectivity index (χ1v) is 3.46. The lowest BCUT2D eigenvalue weighted by Gasteiger charge is -2.39. The van der Waals surface area contributed by atoms with Gasteiger partial charge >= 0.3 is 0 Å². The summed E-state index contributed by atoms with van der Waals surface area (Å²) in [6.45, 7) is 5.52. The third-order valence-corrected chi connectivity index (χ3v) is 2.01. The van der Waals surface area contributed by atoms with Crippen LogP contribution in [0.1, 0.15) is 13.3 Å². The van der Waals surface area contributed by atoms with Crippen molar-refractivity contribution in [3.63, 3.8) is 0 Å². The molecule has 0 saturated carbocycles. The van der Waals surface area contributed by atoms with E-state index < -0.39 is 0 Å². The SMILES string of the molecule is COCCC1(C)CNC1.Cl. The molecule has 0 aliphatic carbocycles. The standard InChI is InChI=1S/C7H15NO.ClH/c1-7(3-4-9-2)5-8-6-7;/h8H,3-6H2,1-2H3;1H. The van der Waals surface area contributed by atoms with E-state index >= 15 is 0 Å². The molecule has 3 heteroatoms. The Bertz CT molecular complexity index is 93.6. The van der Waals surface area contributed by atoms with Crippen LogP contribution >= 0.6 is 12.4 Å². The maximum atomic E-state index is 4.99. The molecule has 1 heterocycles. The number of hydrogen-bond acceptors (Lipinski definition) is 2. The fourth-order valence-corrected chi connectivity index (χ4v) is 1.08. The molecule has 0 bridgehead atoms. The van der Waals surface area contributed by atoms with Gasteiger partial charge in [-0.1, -0.05) is 6.92 Å². The Kier molecular flexibility index (Phi) is 4.25. The molecular weight excluding hydrogens is 150 g/mol. The first-order valence-electron chi connectivity index (χ1n) is 3.46. The molecular formula is C7H16ClNO. The highest BCUT2D eigenvalue weighted by Gasteiger charge is 2.30. The number of ether oxygens (including phenoxy) is 1. The first-order chi connectivity index (χ1) is 4.27. The van der Waals surface area contributed by atoms with Crippen molar-refractivity contribution in [3.05, 3.63) is 0 Å². The second-order valence-electron chi connectivity index (χ2n) is 3.16. The van der Waals surface area contributed by atoms with Crippen molar-refractivity contribution in [1.29, 1.82) is 0 Å². The number of nitrogens with one attached hydrogen (secondary N) is 1. The van der Waals surface area contributed by atoms with Crippen LogP contribution in [0.3, 0.4) is 0 Å². The molecule has 0 spiro atoms. The van der Waals surface area contributed by atoms with E-state index in [9.17, 15) is 0 Å². The van der Waals surface area contributed by atoms with Crippen LogP contribution in [0, 0.1) is 5.41 Å². The van der Waals surface area contributed by atoms with Gasteiger partial charge in [0.05, 0.1) is 0 Å². The highest BCUT2D eigenvalue weighted by atomic mass is 35.5. The van der Waals surface area contributed by atoms with Gasteiger partial charge in [-0.05, 0) is 11.8 Å². The van der Waals surface area contributed by atoms with Crippen molar-refractivity contribution in [2.24, 2.45) is 5.41 Å². The minimum Gasteiger partial charge on any atom is -0.385 e. The zero-order valence-corrected chi connectivity index (χ0v) is 7.46. The minimum absolute atomic E-state index is 0. The largest absolute Gasteiger partial charge is 0.385 e. The van der Waals surface area contributed by atoms with E-state index in [0.29, 0.717) is 5.41 Å². The lowest BCUT2D eigenvalue weighted by atomic mass is 9.81. The number of rotatable bonds is 3. The Labute approximate surface area is 68.7 Å².